The molecule has 144 valence electrons. The molecule has 0 aliphatic carbocycles. The van der Waals surface area contributed by atoms with E-state index in [1.165, 1.54) is 23.5 Å². The predicted molar refractivity (Wildman–Crippen MR) is 104 cm³/mol. The zero-order chi connectivity index (χ0) is 19.9. The van der Waals surface area contributed by atoms with Crippen molar-refractivity contribution in [2.24, 2.45) is 0 Å². The first kappa shape index (κ1) is 19.5. The number of nitrogens with one attached hydrogen (secondary N) is 1. The van der Waals surface area contributed by atoms with Gasteiger partial charge in [-0.3, -0.25) is 10.1 Å². The van der Waals surface area contributed by atoms with Gasteiger partial charge in [0.05, 0.1) is 17.9 Å². The molecule has 0 fully saturated rings. The van der Waals surface area contributed by atoms with Gasteiger partial charge in [-0.15, -0.1) is 11.3 Å². The second-order valence-corrected chi connectivity index (χ2v) is 6.48. The molecule has 0 saturated heterocycles. The van der Waals surface area contributed by atoms with E-state index in [4.69, 9.17) is 9.47 Å². The molecule has 0 unspecified atom stereocenters. The second kappa shape index (κ2) is 9.09. The van der Waals surface area contributed by atoms with Crippen molar-refractivity contribution >= 4 is 28.3 Å². The summed E-state index contributed by atoms with van der Waals surface area (Å²) in [5.41, 5.74) is 1.68. The Kier molecular flexibility index (Phi) is 6.33. The van der Waals surface area contributed by atoms with Crippen LogP contribution in [0.2, 0.25) is 0 Å². The molecule has 0 spiro atoms. The van der Waals surface area contributed by atoms with Gasteiger partial charge < -0.3 is 9.47 Å². The van der Waals surface area contributed by atoms with Crippen molar-refractivity contribution in [2.45, 2.75) is 6.92 Å². The molecule has 0 aliphatic heterocycles. The number of hydrogen-bond acceptors (Lipinski definition) is 6. The van der Waals surface area contributed by atoms with Gasteiger partial charge in [0.2, 0.25) is 0 Å². The van der Waals surface area contributed by atoms with Crippen LogP contribution in [0.15, 0.2) is 53.9 Å². The van der Waals surface area contributed by atoms with Crippen LogP contribution in [0, 0.1) is 5.82 Å². The molecule has 1 heterocycles. The summed E-state index contributed by atoms with van der Waals surface area (Å²) in [6.45, 7) is 1.97. The molecule has 2 aromatic carbocycles. The number of carbonyl (C=O) groups excluding carboxylic acids is 2. The molecule has 0 radical (unpaired) electrons. The van der Waals surface area contributed by atoms with Crippen LogP contribution in [0.25, 0.3) is 11.3 Å². The number of esters is 1. The minimum Gasteiger partial charge on any atom is -0.494 e. The number of ether oxygens (including phenoxy) is 2. The van der Waals surface area contributed by atoms with Crippen LogP contribution < -0.4 is 10.1 Å². The highest BCUT2D eigenvalue weighted by atomic mass is 32.1. The van der Waals surface area contributed by atoms with Crippen molar-refractivity contribution < 1.29 is 23.5 Å². The average Bonchev–Trinajstić information content (AvgIpc) is 3.16. The van der Waals surface area contributed by atoms with Crippen LogP contribution in [0.3, 0.4) is 0 Å². The molecule has 0 aliphatic rings. The molecule has 1 aromatic heterocycles. The van der Waals surface area contributed by atoms with Gasteiger partial charge in [-0.1, -0.05) is 0 Å². The van der Waals surface area contributed by atoms with Gasteiger partial charge in [0.1, 0.15) is 11.6 Å². The number of halogens is 1. The quantitative estimate of drug-likeness (QED) is 0.603. The van der Waals surface area contributed by atoms with E-state index < -0.39 is 18.5 Å². The molecule has 0 saturated carbocycles. The smallest absolute Gasteiger partial charge is 0.338 e. The number of aromatic nitrogens is 1. The number of amides is 1. The molecule has 1 amide bonds. The van der Waals surface area contributed by atoms with Crippen LogP contribution in [0.5, 0.6) is 5.75 Å². The zero-order valence-electron chi connectivity index (χ0n) is 15.0. The zero-order valence-corrected chi connectivity index (χ0v) is 15.8. The summed E-state index contributed by atoms with van der Waals surface area (Å²) in [6, 6.07) is 12.4. The minimum atomic E-state index is -0.607. The van der Waals surface area contributed by atoms with Crippen molar-refractivity contribution in [3.05, 3.63) is 65.3 Å². The lowest BCUT2D eigenvalue weighted by Crippen LogP contribution is -2.20. The Hall–Kier alpha value is -3.26. The Labute approximate surface area is 164 Å². The summed E-state index contributed by atoms with van der Waals surface area (Å²) in [6.07, 6.45) is 0. The van der Waals surface area contributed by atoms with E-state index in [1.807, 2.05) is 6.92 Å². The highest BCUT2D eigenvalue weighted by Crippen LogP contribution is 2.25. The summed E-state index contributed by atoms with van der Waals surface area (Å²) >= 11 is 1.22. The van der Waals surface area contributed by atoms with Gasteiger partial charge in [0.25, 0.3) is 5.91 Å². The summed E-state index contributed by atoms with van der Waals surface area (Å²) < 4.78 is 23.3. The Morgan fingerprint density at radius 2 is 1.82 bits per heavy atom. The number of rotatable bonds is 7. The van der Waals surface area contributed by atoms with Crippen molar-refractivity contribution in [1.29, 1.82) is 0 Å². The maximum absolute atomic E-state index is 13.0. The van der Waals surface area contributed by atoms with Crippen LogP contribution in [0.1, 0.15) is 17.3 Å². The van der Waals surface area contributed by atoms with Crippen LogP contribution in [-0.2, 0) is 9.53 Å². The van der Waals surface area contributed by atoms with Crippen LogP contribution in [0.4, 0.5) is 9.52 Å². The fraction of sp³-hybridized carbons (Fsp3) is 0.150. The molecular weight excluding hydrogens is 383 g/mol. The highest BCUT2D eigenvalue weighted by molar-refractivity contribution is 7.14. The molecule has 6 nitrogen and oxygen atoms in total. The Morgan fingerprint density at radius 1 is 1.11 bits per heavy atom. The molecule has 28 heavy (non-hydrogen) atoms. The van der Waals surface area contributed by atoms with Crippen molar-refractivity contribution in [3.8, 4) is 17.0 Å². The third-order valence-corrected chi connectivity index (χ3v) is 4.38. The maximum Gasteiger partial charge on any atom is 0.338 e. The first-order valence-corrected chi connectivity index (χ1v) is 9.34. The summed E-state index contributed by atoms with van der Waals surface area (Å²) in [5.74, 6) is -0.789. The third kappa shape index (κ3) is 5.14. The molecule has 3 rings (SSSR count). The van der Waals surface area contributed by atoms with Crippen molar-refractivity contribution in [1.82, 2.24) is 4.98 Å². The fourth-order valence-corrected chi connectivity index (χ4v) is 3.04. The third-order valence-electron chi connectivity index (χ3n) is 3.63. The van der Waals surface area contributed by atoms with E-state index in [-0.39, 0.29) is 5.82 Å². The number of carbonyl (C=O) groups is 2. The van der Waals surface area contributed by atoms with E-state index >= 15 is 0 Å². The van der Waals surface area contributed by atoms with Gasteiger partial charge >= 0.3 is 5.97 Å². The largest absolute Gasteiger partial charge is 0.494 e. The van der Waals surface area contributed by atoms with Crippen LogP contribution in [-0.4, -0.2) is 30.1 Å². The molecule has 8 heteroatoms. The number of nitrogens with zero attached hydrogens (tertiary/aromatic N) is 1. The van der Waals surface area contributed by atoms with E-state index in [2.05, 4.69) is 10.3 Å². The van der Waals surface area contributed by atoms with E-state index in [0.29, 0.717) is 28.7 Å². The molecule has 1 N–H and O–H groups in total. The van der Waals surface area contributed by atoms with E-state index in [9.17, 15) is 14.0 Å². The normalized spacial score (nSPS) is 10.4. The minimum absolute atomic E-state index is 0.323. The second-order valence-electron chi connectivity index (χ2n) is 5.63. The predicted octanol–water partition coefficient (Wildman–Crippen LogP) is 4.14. The molecular formula is C20H17FN2O4S. The topological polar surface area (TPSA) is 77.5 Å². The maximum atomic E-state index is 13.0. The van der Waals surface area contributed by atoms with E-state index in [1.54, 1.807) is 41.8 Å². The number of benzene rings is 2. The summed E-state index contributed by atoms with van der Waals surface area (Å²) in [4.78, 5) is 28.3. The highest BCUT2D eigenvalue weighted by Gasteiger charge is 2.12. The molecule has 0 bridgehead atoms. The standard InChI is InChI=1S/C20H17FN2O4S/c1-2-26-16-9-5-14(6-10-16)19(25)27-11-18(24)23-20-22-17(12-28-20)13-3-7-15(21)8-4-13/h3-10,12H,2,11H2,1H3,(H,22,23,24). The van der Waals surface area contributed by atoms with Crippen molar-refractivity contribution in [2.75, 3.05) is 18.5 Å². The summed E-state index contributed by atoms with van der Waals surface area (Å²) in [5, 5.41) is 4.68. The van der Waals surface area contributed by atoms with Gasteiger partial charge in [-0.05, 0) is 55.5 Å². The molecule has 0 atom stereocenters. The van der Waals surface area contributed by atoms with Gasteiger partial charge in [0, 0.05) is 10.9 Å². The first-order valence-electron chi connectivity index (χ1n) is 8.46. The summed E-state index contributed by atoms with van der Waals surface area (Å²) in [7, 11) is 0. The average molecular weight is 400 g/mol. The SMILES string of the molecule is CCOc1ccc(C(=O)OCC(=O)Nc2nc(-c3ccc(F)cc3)cs2)cc1. The monoisotopic (exact) mass is 400 g/mol. The molecule has 3 aromatic rings. The first-order chi connectivity index (χ1) is 13.5. The number of anilines is 1. The van der Waals surface area contributed by atoms with Crippen LogP contribution >= 0.6 is 11.3 Å². The number of thiazole rings is 1. The van der Waals surface area contributed by atoms with E-state index in [0.717, 1.165) is 5.56 Å². The Morgan fingerprint density at radius 3 is 2.50 bits per heavy atom. The number of hydrogen-bond donors (Lipinski definition) is 1. The fourth-order valence-electron chi connectivity index (χ4n) is 2.31. The Balaban J connectivity index is 1.51. The van der Waals surface area contributed by atoms with Gasteiger partial charge in [-0.25, -0.2) is 14.2 Å². The van der Waals surface area contributed by atoms with Gasteiger partial charge in [-0.2, -0.15) is 0 Å². The Bertz CT molecular complexity index is 955. The lowest BCUT2D eigenvalue weighted by Gasteiger charge is -2.06. The van der Waals surface area contributed by atoms with Gasteiger partial charge in [0.15, 0.2) is 11.7 Å². The lowest BCUT2D eigenvalue weighted by atomic mass is 10.2. The lowest BCUT2D eigenvalue weighted by molar-refractivity contribution is -0.119. The van der Waals surface area contributed by atoms with Crippen molar-refractivity contribution in [3.63, 3.8) is 0 Å².